The number of nitrogens with one attached hydrogen (secondary N) is 1. The Morgan fingerprint density at radius 1 is 1.41 bits per heavy atom. The van der Waals surface area contributed by atoms with Crippen molar-refractivity contribution >= 4 is 5.91 Å². The van der Waals surface area contributed by atoms with Crippen LogP contribution in [0.2, 0.25) is 0 Å². The van der Waals surface area contributed by atoms with Gasteiger partial charge < -0.3 is 10.2 Å². The number of unbranched alkanes of at least 4 members (excludes halogenated alkanes) is 1. The number of hydrogen-bond donors (Lipinski definition) is 1. The number of carbonyl (C=O) groups excluding carboxylic acids is 1. The van der Waals surface area contributed by atoms with Crippen molar-refractivity contribution in [2.75, 3.05) is 13.1 Å². The predicted molar refractivity (Wildman–Crippen MR) is 86.6 cm³/mol. The molecule has 118 valence electrons. The fourth-order valence-corrected chi connectivity index (χ4v) is 1.99. The smallest absolute Gasteiger partial charge is 0.263 e. The molecule has 0 aromatic carbocycles. The molecule has 0 spiro atoms. The molecule has 1 rings (SSSR count). The summed E-state index contributed by atoms with van der Waals surface area (Å²) in [7, 11) is 0. The quantitative estimate of drug-likeness (QED) is 0.562. The molecule has 1 N–H and O–H groups in total. The van der Waals surface area contributed by atoms with Crippen LogP contribution in [0, 0.1) is 11.3 Å². The van der Waals surface area contributed by atoms with Crippen LogP contribution < -0.4 is 5.32 Å². The summed E-state index contributed by atoms with van der Waals surface area (Å²) in [5, 5.41) is 12.0. The monoisotopic (exact) mass is 300 g/mol. The van der Waals surface area contributed by atoms with E-state index in [1.54, 1.807) is 18.6 Å². The van der Waals surface area contributed by atoms with Gasteiger partial charge in [-0.05, 0) is 24.5 Å². The zero-order valence-corrected chi connectivity index (χ0v) is 13.4. The third-order valence-electron chi connectivity index (χ3n) is 3.16. The lowest BCUT2D eigenvalue weighted by Crippen LogP contribution is -2.27. The van der Waals surface area contributed by atoms with Crippen LogP contribution in [0.15, 0.2) is 36.3 Å². The Morgan fingerprint density at radius 2 is 2.23 bits per heavy atom. The molecule has 0 unspecified atom stereocenters. The Labute approximate surface area is 132 Å². The predicted octanol–water partition coefficient (Wildman–Crippen LogP) is 2.62. The van der Waals surface area contributed by atoms with Gasteiger partial charge in [0.2, 0.25) is 0 Å². The van der Waals surface area contributed by atoms with E-state index in [9.17, 15) is 10.1 Å². The Kier molecular flexibility index (Phi) is 8.36. The van der Waals surface area contributed by atoms with E-state index in [2.05, 4.69) is 24.1 Å². The topological polar surface area (TPSA) is 69.0 Å². The first-order valence-corrected chi connectivity index (χ1v) is 7.74. The van der Waals surface area contributed by atoms with Gasteiger partial charge >= 0.3 is 0 Å². The van der Waals surface area contributed by atoms with Crippen molar-refractivity contribution in [3.05, 3.63) is 41.9 Å². The normalized spacial score (nSPS) is 10.9. The molecule has 0 fully saturated rings. The number of nitriles is 1. The SMILES string of the molecule is CCCCN(/C=C(/C#N)C(=O)NCc1cccnc1)CCC. The van der Waals surface area contributed by atoms with E-state index in [0.29, 0.717) is 6.54 Å². The van der Waals surface area contributed by atoms with Crippen LogP contribution in [0.25, 0.3) is 0 Å². The average Bonchev–Trinajstić information content (AvgIpc) is 2.56. The Balaban J connectivity index is 2.65. The van der Waals surface area contributed by atoms with E-state index in [4.69, 9.17) is 0 Å². The lowest BCUT2D eigenvalue weighted by Gasteiger charge is -2.19. The fraction of sp³-hybridized carbons (Fsp3) is 0.471. The first-order chi connectivity index (χ1) is 10.7. The van der Waals surface area contributed by atoms with Crippen molar-refractivity contribution in [3.63, 3.8) is 0 Å². The van der Waals surface area contributed by atoms with E-state index in [0.717, 1.165) is 37.9 Å². The number of nitrogens with zero attached hydrogens (tertiary/aromatic N) is 3. The maximum atomic E-state index is 12.1. The Hall–Kier alpha value is -2.35. The van der Waals surface area contributed by atoms with Crippen molar-refractivity contribution < 1.29 is 4.79 Å². The van der Waals surface area contributed by atoms with Crippen LogP contribution in [0.3, 0.4) is 0 Å². The van der Waals surface area contributed by atoms with Crippen molar-refractivity contribution in [2.24, 2.45) is 0 Å². The first-order valence-electron chi connectivity index (χ1n) is 7.74. The third-order valence-corrected chi connectivity index (χ3v) is 3.16. The molecule has 0 radical (unpaired) electrons. The van der Waals surface area contributed by atoms with E-state index < -0.39 is 0 Å². The molecule has 0 aliphatic carbocycles. The Bertz CT molecular complexity index is 519. The molecule has 0 bridgehead atoms. The summed E-state index contributed by atoms with van der Waals surface area (Å²) in [4.78, 5) is 18.2. The van der Waals surface area contributed by atoms with Crippen molar-refractivity contribution in [3.8, 4) is 6.07 Å². The minimum Gasteiger partial charge on any atom is -0.376 e. The molecule has 0 aliphatic heterocycles. The maximum absolute atomic E-state index is 12.1. The molecule has 0 saturated carbocycles. The third kappa shape index (κ3) is 6.40. The summed E-state index contributed by atoms with van der Waals surface area (Å²) < 4.78 is 0. The van der Waals surface area contributed by atoms with Crippen molar-refractivity contribution in [1.29, 1.82) is 5.26 Å². The molecule has 5 heteroatoms. The minimum atomic E-state index is -0.344. The number of aromatic nitrogens is 1. The minimum absolute atomic E-state index is 0.147. The van der Waals surface area contributed by atoms with Gasteiger partial charge in [-0.2, -0.15) is 5.26 Å². The van der Waals surface area contributed by atoms with Crippen LogP contribution in [-0.4, -0.2) is 28.9 Å². The van der Waals surface area contributed by atoms with Gasteiger partial charge in [-0.25, -0.2) is 0 Å². The molecule has 0 atom stereocenters. The zero-order chi connectivity index (χ0) is 16.2. The molecule has 1 aromatic heterocycles. The highest BCUT2D eigenvalue weighted by Gasteiger charge is 2.10. The highest BCUT2D eigenvalue weighted by Crippen LogP contribution is 2.03. The molecule has 1 amide bonds. The zero-order valence-electron chi connectivity index (χ0n) is 13.4. The van der Waals surface area contributed by atoms with E-state index in [1.807, 2.05) is 23.1 Å². The van der Waals surface area contributed by atoms with Crippen LogP contribution in [0.5, 0.6) is 0 Å². The van der Waals surface area contributed by atoms with Crippen LogP contribution >= 0.6 is 0 Å². The second-order valence-electron chi connectivity index (χ2n) is 5.09. The Morgan fingerprint density at radius 3 is 2.82 bits per heavy atom. The molecular weight excluding hydrogens is 276 g/mol. The van der Waals surface area contributed by atoms with Gasteiger partial charge in [-0.1, -0.05) is 26.3 Å². The van der Waals surface area contributed by atoms with Crippen molar-refractivity contribution in [2.45, 2.75) is 39.7 Å². The molecule has 0 aliphatic rings. The van der Waals surface area contributed by atoms with E-state index in [1.165, 1.54) is 0 Å². The summed E-state index contributed by atoms with van der Waals surface area (Å²) in [5.74, 6) is -0.344. The first kappa shape index (κ1) is 17.7. The fourth-order valence-electron chi connectivity index (χ4n) is 1.99. The molecule has 1 aromatic rings. The lowest BCUT2D eigenvalue weighted by molar-refractivity contribution is -0.117. The summed E-state index contributed by atoms with van der Waals surface area (Å²) in [6, 6.07) is 5.69. The van der Waals surface area contributed by atoms with E-state index in [-0.39, 0.29) is 11.5 Å². The average molecular weight is 300 g/mol. The molecule has 1 heterocycles. The van der Waals surface area contributed by atoms with Gasteiger partial charge in [0.25, 0.3) is 5.91 Å². The number of amides is 1. The standard InChI is InChI=1S/C17H24N4O/c1-3-5-10-21(9-4-2)14-16(11-18)17(22)20-13-15-7-6-8-19-12-15/h6-8,12,14H,3-5,9-10,13H2,1-2H3,(H,20,22)/b16-14-. The number of pyridine rings is 1. The summed E-state index contributed by atoms with van der Waals surface area (Å²) >= 11 is 0. The molecule has 0 saturated heterocycles. The summed E-state index contributed by atoms with van der Waals surface area (Å²) in [6.07, 6.45) is 8.17. The van der Waals surface area contributed by atoms with E-state index >= 15 is 0 Å². The lowest BCUT2D eigenvalue weighted by atomic mass is 10.2. The largest absolute Gasteiger partial charge is 0.376 e. The number of rotatable bonds is 9. The second kappa shape index (κ2) is 10.4. The molecular formula is C17H24N4O. The number of hydrogen-bond acceptors (Lipinski definition) is 4. The summed E-state index contributed by atoms with van der Waals surface area (Å²) in [5.41, 5.74) is 1.05. The van der Waals surface area contributed by atoms with Crippen LogP contribution in [0.1, 0.15) is 38.7 Å². The summed E-state index contributed by atoms with van der Waals surface area (Å²) in [6.45, 7) is 6.29. The van der Waals surface area contributed by atoms with Crippen molar-refractivity contribution in [1.82, 2.24) is 15.2 Å². The number of carbonyl (C=O) groups is 1. The molecule has 22 heavy (non-hydrogen) atoms. The van der Waals surface area contributed by atoms with Crippen LogP contribution in [-0.2, 0) is 11.3 Å². The molecule has 5 nitrogen and oxygen atoms in total. The highest BCUT2D eigenvalue weighted by molar-refractivity contribution is 5.97. The second-order valence-corrected chi connectivity index (χ2v) is 5.09. The van der Waals surface area contributed by atoms with Gasteiger partial charge in [0.05, 0.1) is 0 Å². The van der Waals surface area contributed by atoms with Gasteiger partial charge in [0, 0.05) is 38.2 Å². The van der Waals surface area contributed by atoms with Crippen LogP contribution in [0.4, 0.5) is 0 Å². The maximum Gasteiger partial charge on any atom is 0.263 e. The van der Waals surface area contributed by atoms with Gasteiger partial charge in [0.1, 0.15) is 11.6 Å². The van der Waals surface area contributed by atoms with Gasteiger partial charge in [-0.15, -0.1) is 0 Å². The van der Waals surface area contributed by atoms with Gasteiger partial charge in [-0.3, -0.25) is 9.78 Å². The van der Waals surface area contributed by atoms with Gasteiger partial charge in [0.15, 0.2) is 0 Å². The highest BCUT2D eigenvalue weighted by atomic mass is 16.1.